The van der Waals surface area contributed by atoms with E-state index in [0.717, 1.165) is 19.6 Å². The van der Waals surface area contributed by atoms with Gasteiger partial charge in [0.15, 0.2) is 0 Å². The second-order valence-corrected chi connectivity index (χ2v) is 5.43. The molecule has 0 aliphatic carbocycles. The van der Waals surface area contributed by atoms with Crippen molar-refractivity contribution in [1.29, 1.82) is 0 Å². The molecule has 19 heavy (non-hydrogen) atoms. The van der Waals surface area contributed by atoms with Crippen LogP contribution in [-0.2, 0) is 4.79 Å². The highest BCUT2D eigenvalue weighted by Gasteiger charge is 2.31. The Morgan fingerprint density at radius 2 is 2.05 bits per heavy atom. The van der Waals surface area contributed by atoms with E-state index in [0.29, 0.717) is 0 Å². The summed E-state index contributed by atoms with van der Waals surface area (Å²) in [5.41, 5.74) is 7.19. The minimum absolute atomic E-state index is 0.0605. The molecule has 2 atom stereocenters. The molecule has 4 heteroatoms. The third-order valence-electron chi connectivity index (χ3n) is 3.71. The molecule has 2 unspecified atom stereocenters. The molecule has 1 saturated heterocycles. The highest BCUT2D eigenvalue weighted by Crippen LogP contribution is 2.23. The van der Waals surface area contributed by atoms with Crippen LogP contribution in [0, 0.1) is 5.92 Å². The lowest BCUT2D eigenvalue weighted by atomic mass is 9.99. The van der Waals surface area contributed by atoms with E-state index in [4.69, 9.17) is 5.73 Å². The number of benzene rings is 1. The Morgan fingerprint density at radius 3 is 2.68 bits per heavy atom. The molecule has 2 rings (SSSR count). The Bertz CT molecular complexity index is 419. The minimum atomic E-state index is -0.413. The molecule has 1 amide bonds. The van der Waals surface area contributed by atoms with E-state index in [9.17, 15) is 4.79 Å². The van der Waals surface area contributed by atoms with Crippen molar-refractivity contribution >= 4 is 5.91 Å². The lowest BCUT2D eigenvalue weighted by Crippen LogP contribution is -2.54. The summed E-state index contributed by atoms with van der Waals surface area (Å²) >= 11 is 0. The maximum absolute atomic E-state index is 12.5. The van der Waals surface area contributed by atoms with E-state index in [2.05, 4.69) is 17.4 Å². The van der Waals surface area contributed by atoms with E-state index in [-0.39, 0.29) is 17.9 Å². The highest BCUT2D eigenvalue weighted by atomic mass is 16.2. The second kappa shape index (κ2) is 6.17. The van der Waals surface area contributed by atoms with Crippen molar-refractivity contribution in [3.8, 4) is 0 Å². The topological polar surface area (TPSA) is 58.4 Å². The Balaban J connectivity index is 2.19. The van der Waals surface area contributed by atoms with Gasteiger partial charge in [0, 0.05) is 19.6 Å². The Labute approximate surface area is 115 Å². The zero-order valence-corrected chi connectivity index (χ0v) is 11.7. The summed E-state index contributed by atoms with van der Waals surface area (Å²) in [4.78, 5) is 14.4. The molecule has 3 N–H and O–H groups in total. The third kappa shape index (κ3) is 3.14. The van der Waals surface area contributed by atoms with Crippen LogP contribution < -0.4 is 11.1 Å². The van der Waals surface area contributed by atoms with E-state index < -0.39 is 6.04 Å². The standard InChI is InChI=1S/C15H23N3O/c1-11(2)14(16)15(19)18-9-8-17-10-13(18)12-6-4-3-5-7-12/h3-7,11,13-14,17H,8-10,16H2,1-2H3. The summed E-state index contributed by atoms with van der Waals surface area (Å²) in [5.74, 6) is 0.226. The summed E-state index contributed by atoms with van der Waals surface area (Å²) in [7, 11) is 0. The molecule has 1 aliphatic rings. The number of hydrogen-bond acceptors (Lipinski definition) is 3. The van der Waals surface area contributed by atoms with Crippen LogP contribution in [0.15, 0.2) is 30.3 Å². The molecule has 1 aromatic rings. The van der Waals surface area contributed by atoms with Crippen molar-refractivity contribution in [2.24, 2.45) is 11.7 Å². The molecule has 1 aliphatic heterocycles. The number of rotatable bonds is 3. The molecule has 1 fully saturated rings. The van der Waals surface area contributed by atoms with Gasteiger partial charge >= 0.3 is 0 Å². The van der Waals surface area contributed by atoms with Gasteiger partial charge in [-0.15, -0.1) is 0 Å². The van der Waals surface area contributed by atoms with Crippen molar-refractivity contribution in [2.45, 2.75) is 25.9 Å². The quantitative estimate of drug-likeness (QED) is 0.858. The average Bonchev–Trinajstić information content (AvgIpc) is 2.46. The monoisotopic (exact) mass is 261 g/mol. The number of carbonyl (C=O) groups is 1. The Hall–Kier alpha value is -1.39. The first-order valence-electron chi connectivity index (χ1n) is 6.93. The van der Waals surface area contributed by atoms with E-state index in [1.165, 1.54) is 5.56 Å². The van der Waals surface area contributed by atoms with Crippen LogP contribution >= 0.6 is 0 Å². The van der Waals surface area contributed by atoms with Gasteiger partial charge in [-0.1, -0.05) is 44.2 Å². The minimum Gasteiger partial charge on any atom is -0.332 e. The highest BCUT2D eigenvalue weighted by molar-refractivity contribution is 5.82. The van der Waals surface area contributed by atoms with Gasteiger partial charge in [0.05, 0.1) is 12.1 Å². The van der Waals surface area contributed by atoms with Crippen molar-refractivity contribution in [3.63, 3.8) is 0 Å². The maximum Gasteiger partial charge on any atom is 0.240 e. The van der Waals surface area contributed by atoms with Crippen molar-refractivity contribution < 1.29 is 4.79 Å². The Kier molecular flexibility index (Phi) is 4.56. The summed E-state index contributed by atoms with van der Waals surface area (Å²) in [6, 6.07) is 9.82. The fourth-order valence-corrected chi connectivity index (χ4v) is 2.42. The lowest BCUT2D eigenvalue weighted by Gasteiger charge is -2.38. The van der Waals surface area contributed by atoms with Gasteiger partial charge in [0.25, 0.3) is 0 Å². The first-order chi connectivity index (χ1) is 9.11. The molecule has 1 heterocycles. The first-order valence-corrected chi connectivity index (χ1v) is 6.93. The van der Waals surface area contributed by atoms with Gasteiger partial charge < -0.3 is 16.0 Å². The number of nitrogens with zero attached hydrogens (tertiary/aromatic N) is 1. The number of hydrogen-bond donors (Lipinski definition) is 2. The number of nitrogens with two attached hydrogens (primary N) is 1. The molecular weight excluding hydrogens is 238 g/mol. The molecule has 0 saturated carbocycles. The Morgan fingerprint density at radius 1 is 1.37 bits per heavy atom. The SMILES string of the molecule is CC(C)C(N)C(=O)N1CCNCC1c1ccccc1. The molecule has 4 nitrogen and oxygen atoms in total. The predicted molar refractivity (Wildman–Crippen MR) is 76.6 cm³/mol. The van der Waals surface area contributed by atoms with Crippen LogP contribution in [-0.4, -0.2) is 36.5 Å². The van der Waals surface area contributed by atoms with Crippen LogP contribution in [0.4, 0.5) is 0 Å². The van der Waals surface area contributed by atoms with Gasteiger partial charge in [-0.05, 0) is 11.5 Å². The number of amides is 1. The maximum atomic E-state index is 12.5. The van der Waals surface area contributed by atoms with Crippen LogP contribution in [0.1, 0.15) is 25.5 Å². The van der Waals surface area contributed by atoms with Gasteiger partial charge in [0.1, 0.15) is 0 Å². The van der Waals surface area contributed by atoms with Gasteiger partial charge in [0.2, 0.25) is 5.91 Å². The van der Waals surface area contributed by atoms with Crippen LogP contribution in [0.5, 0.6) is 0 Å². The van der Waals surface area contributed by atoms with Gasteiger partial charge in [-0.3, -0.25) is 4.79 Å². The van der Waals surface area contributed by atoms with Crippen LogP contribution in [0.3, 0.4) is 0 Å². The summed E-state index contributed by atoms with van der Waals surface area (Å²) in [6.45, 7) is 6.32. The zero-order valence-electron chi connectivity index (χ0n) is 11.7. The van der Waals surface area contributed by atoms with Crippen LogP contribution in [0.25, 0.3) is 0 Å². The normalized spacial score (nSPS) is 21.5. The molecule has 0 spiro atoms. The molecule has 0 aromatic heterocycles. The van der Waals surface area contributed by atoms with Gasteiger partial charge in [-0.2, -0.15) is 0 Å². The van der Waals surface area contributed by atoms with E-state index in [1.807, 2.05) is 36.9 Å². The predicted octanol–water partition coefficient (Wildman–Crippen LogP) is 1.14. The first kappa shape index (κ1) is 14.0. The number of nitrogens with one attached hydrogen (secondary N) is 1. The number of piperazine rings is 1. The zero-order chi connectivity index (χ0) is 13.8. The van der Waals surface area contributed by atoms with E-state index in [1.54, 1.807) is 0 Å². The lowest BCUT2D eigenvalue weighted by molar-refractivity contribution is -0.137. The van der Waals surface area contributed by atoms with Crippen molar-refractivity contribution in [3.05, 3.63) is 35.9 Å². The molecule has 0 bridgehead atoms. The fraction of sp³-hybridized carbons (Fsp3) is 0.533. The molecule has 0 radical (unpaired) electrons. The molecule has 1 aromatic carbocycles. The summed E-state index contributed by atoms with van der Waals surface area (Å²) in [5, 5.41) is 3.35. The molecular formula is C15H23N3O. The van der Waals surface area contributed by atoms with E-state index >= 15 is 0 Å². The molecule has 104 valence electrons. The fourth-order valence-electron chi connectivity index (χ4n) is 2.42. The van der Waals surface area contributed by atoms with Crippen LogP contribution in [0.2, 0.25) is 0 Å². The third-order valence-corrected chi connectivity index (χ3v) is 3.71. The van der Waals surface area contributed by atoms with Crippen molar-refractivity contribution in [2.75, 3.05) is 19.6 Å². The summed E-state index contributed by atoms with van der Waals surface area (Å²) in [6.07, 6.45) is 0. The van der Waals surface area contributed by atoms with Gasteiger partial charge in [-0.25, -0.2) is 0 Å². The second-order valence-electron chi connectivity index (χ2n) is 5.43. The largest absolute Gasteiger partial charge is 0.332 e. The smallest absolute Gasteiger partial charge is 0.240 e. The van der Waals surface area contributed by atoms with Crippen molar-refractivity contribution in [1.82, 2.24) is 10.2 Å². The summed E-state index contributed by atoms with van der Waals surface area (Å²) < 4.78 is 0. The average molecular weight is 261 g/mol. The number of carbonyl (C=O) groups excluding carboxylic acids is 1.